The van der Waals surface area contributed by atoms with Crippen molar-refractivity contribution in [1.82, 2.24) is 0 Å². The lowest BCUT2D eigenvalue weighted by atomic mass is 10.0. The molecule has 0 saturated heterocycles. The van der Waals surface area contributed by atoms with Crippen molar-refractivity contribution in [3.63, 3.8) is 0 Å². The van der Waals surface area contributed by atoms with Gasteiger partial charge in [-0.3, -0.25) is 9.59 Å². The number of methoxy groups -OCH3 is 1. The Balaban J connectivity index is 2.25. The van der Waals surface area contributed by atoms with Crippen molar-refractivity contribution in [2.24, 2.45) is 5.41 Å². The second kappa shape index (κ2) is 3.72. The van der Waals surface area contributed by atoms with Crippen molar-refractivity contribution < 1.29 is 14.3 Å². The highest BCUT2D eigenvalue weighted by Crippen LogP contribution is 2.50. The monoisotopic (exact) mass is 288 g/mol. The zero-order valence-corrected chi connectivity index (χ0v) is 10.5. The molecule has 0 N–H and O–H groups in total. The van der Waals surface area contributed by atoms with Crippen molar-refractivity contribution in [2.45, 2.75) is 12.8 Å². The maximum Gasteiger partial charge on any atom is 0.319 e. The van der Waals surface area contributed by atoms with Crippen LogP contribution in [0.4, 0.5) is 0 Å². The summed E-state index contributed by atoms with van der Waals surface area (Å²) < 4.78 is 5.53. The van der Waals surface area contributed by atoms with E-state index >= 15 is 0 Å². The summed E-state index contributed by atoms with van der Waals surface area (Å²) in [5.41, 5.74) is -0.876. The fourth-order valence-corrected chi connectivity index (χ4v) is 2.98. The van der Waals surface area contributed by atoms with Gasteiger partial charge in [0.25, 0.3) is 0 Å². The van der Waals surface area contributed by atoms with Crippen LogP contribution in [-0.2, 0) is 9.53 Å². The summed E-state index contributed by atoms with van der Waals surface area (Å²) >= 11 is 4.63. The van der Waals surface area contributed by atoms with Gasteiger partial charge in [-0.25, -0.2) is 0 Å². The molecule has 1 aromatic rings. The molecule has 3 nitrogen and oxygen atoms in total. The number of rotatable bonds is 3. The summed E-state index contributed by atoms with van der Waals surface area (Å²) in [7, 11) is 1.32. The number of esters is 1. The minimum atomic E-state index is -0.876. The number of ether oxygens (including phenoxy) is 1. The van der Waals surface area contributed by atoms with Gasteiger partial charge in [0, 0.05) is 9.85 Å². The summed E-state index contributed by atoms with van der Waals surface area (Å²) in [6.07, 6.45) is 1.21. The molecule has 0 amide bonds. The van der Waals surface area contributed by atoms with E-state index in [1.54, 1.807) is 6.07 Å². The van der Waals surface area contributed by atoms with E-state index in [4.69, 9.17) is 0 Å². The molecule has 1 aliphatic carbocycles. The quantitative estimate of drug-likeness (QED) is 0.488. The van der Waals surface area contributed by atoms with Crippen LogP contribution in [0.25, 0.3) is 0 Å². The average molecular weight is 289 g/mol. The molecule has 2 rings (SSSR count). The van der Waals surface area contributed by atoms with Crippen molar-refractivity contribution >= 4 is 39.0 Å². The van der Waals surface area contributed by atoms with Crippen molar-refractivity contribution in [2.75, 3.05) is 7.11 Å². The van der Waals surface area contributed by atoms with E-state index in [0.717, 1.165) is 4.47 Å². The van der Waals surface area contributed by atoms with Gasteiger partial charge in [-0.05, 0) is 34.8 Å². The van der Waals surface area contributed by atoms with Gasteiger partial charge >= 0.3 is 5.97 Å². The Labute approximate surface area is 99.6 Å². The molecule has 15 heavy (non-hydrogen) atoms. The van der Waals surface area contributed by atoms with Crippen LogP contribution in [0.2, 0.25) is 0 Å². The standard InChI is InChI=1S/C10H9BrO3S/c1-14-9(13)10(2-3-10)8(12)7-4-6(11)5-15-7/h4-5H,2-3H2,1H3. The lowest BCUT2D eigenvalue weighted by Crippen LogP contribution is -2.26. The molecular formula is C10H9BrO3S. The first-order chi connectivity index (χ1) is 7.10. The largest absolute Gasteiger partial charge is 0.468 e. The van der Waals surface area contributed by atoms with Gasteiger partial charge in [0.05, 0.1) is 12.0 Å². The predicted octanol–water partition coefficient (Wildman–Crippen LogP) is 2.65. The van der Waals surface area contributed by atoms with Crippen LogP contribution >= 0.6 is 27.3 Å². The Morgan fingerprint density at radius 3 is 2.60 bits per heavy atom. The van der Waals surface area contributed by atoms with Crippen LogP contribution in [0.3, 0.4) is 0 Å². The lowest BCUT2D eigenvalue weighted by molar-refractivity contribution is -0.144. The summed E-state index contributed by atoms with van der Waals surface area (Å²) in [6.45, 7) is 0. The summed E-state index contributed by atoms with van der Waals surface area (Å²) in [4.78, 5) is 24.1. The molecule has 0 aromatic carbocycles. The highest BCUT2D eigenvalue weighted by atomic mass is 79.9. The first-order valence-corrected chi connectivity index (χ1v) is 6.15. The third kappa shape index (κ3) is 1.74. The molecule has 0 radical (unpaired) electrons. The molecule has 1 fully saturated rings. The fourth-order valence-electron chi connectivity index (χ4n) is 1.51. The van der Waals surface area contributed by atoms with Gasteiger partial charge in [0.1, 0.15) is 5.41 Å². The third-order valence-corrected chi connectivity index (χ3v) is 4.24. The Morgan fingerprint density at radius 2 is 2.20 bits per heavy atom. The molecular weight excluding hydrogens is 280 g/mol. The van der Waals surface area contributed by atoms with Crippen LogP contribution in [0, 0.1) is 5.41 Å². The maximum atomic E-state index is 12.0. The van der Waals surface area contributed by atoms with E-state index < -0.39 is 11.4 Å². The third-order valence-electron chi connectivity index (χ3n) is 2.55. The molecule has 1 aliphatic rings. The van der Waals surface area contributed by atoms with Crippen molar-refractivity contribution in [3.8, 4) is 0 Å². The molecule has 0 atom stereocenters. The molecule has 1 aromatic heterocycles. The van der Waals surface area contributed by atoms with E-state index in [0.29, 0.717) is 17.7 Å². The Kier molecular flexibility index (Phi) is 2.68. The highest BCUT2D eigenvalue weighted by Gasteiger charge is 2.57. The molecule has 0 spiro atoms. The zero-order chi connectivity index (χ0) is 11.1. The van der Waals surface area contributed by atoms with Crippen molar-refractivity contribution in [3.05, 3.63) is 20.8 Å². The van der Waals surface area contributed by atoms with E-state index in [2.05, 4.69) is 20.7 Å². The average Bonchev–Trinajstić information content (AvgIpc) is 2.94. The minimum Gasteiger partial charge on any atom is -0.468 e. The molecule has 1 heterocycles. The Hall–Kier alpha value is -0.680. The van der Waals surface area contributed by atoms with E-state index in [9.17, 15) is 9.59 Å². The molecule has 0 aliphatic heterocycles. The lowest BCUT2D eigenvalue weighted by Gasteiger charge is -2.09. The van der Waals surface area contributed by atoms with Crippen LogP contribution in [0.15, 0.2) is 15.9 Å². The first kappa shape index (κ1) is 10.8. The number of carbonyl (C=O) groups excluding carboxylic acids is 2. The summed E-state index contributed by atoms with van der Waals surface area (Å²) in [6, 6.07) is 1.75. The summed E-state index contributed by atoms with van der Waals surface area (Å²) in [5, 5.41) is 1.83. The van der Waals surface area contributed by atoms with Gasteiger partial charge < -0.3 is 4.74 Å². The number of hydrogen-bond donors (Lipinski definition) is 0. The van der Waals surface area contributed by atoms with Crippen LogP contribution < -0.4 is 0 Å². The van der Waals surface area contributed by atoms with Crippen LogP contribution in [-0.4, -0.2) is 18.9 Å². The Bertz CT molecular complexity index is 420. The van der Waals surface area contributed by atoms with Gasteiger partial charge in [-0.1, -0.05) is 0 Å². The topological polar surface area (TPSA) is 43.4 Å². The number of carbonyl (C=O) groups is 2. The predicted molar refractivity (Wildman–Crippen MR) is 60.0 cm³/mol. The molecule has 80 valence electrons. The number of halogens is 1. The fraction of sp³-hybridized carbons (Fsp3) is 0.400. The second-order valence-corrected chi connectivity index (χ2v) is 5.36. The van der Waals surface area contributed by atoms with E-state index in [1.807, 2.05) is 5.38 Å². The SMILES string of the molecule is COC(=O)C1(C(=O)c2cc(Br)cs2)CC1. The van der Waals surface area contributed by atoms with Crippen molar-refractivity contribution in [1.29, 1.82) is 0 Å². The smallest absolute Gasteiger partial charge is 0.319 e. The van der Waals surface area contributed by atoms with E-state index in [-0.39, 0.29) is 5.78 Å². The normalized spacial score (nSPS) is 17.2. The maximum absolute atomic E-state index is 12.0. The van der Waals surface area contributed by atoms with E-state index in [1.165, 1.54) is 18.4 Å². The molecule has 0 bridgehead atoms. The number of thiophene rings is 1. The number of hydrogen-bond acceptors (Lipinski definition) is 4. The number of Topliss-reactive ketones (excluding diaryl/α,β-unsaturated/α-hetero) is 1. The van der Waals surface area contributed by atoms with Gasteiger partial charge in [0.15, 0.2) is 5.78 Å². The molecule has 0 unspecified atom stereocenters. The van der Waals surface area contributed by atoms with Gasteiger partial charge in [0.2, 0.25) is 0 Å². The Morgan fingerprint density at radius 1 is 1.53 bits per heavy atom. The first-order valence-electron chi connectivity index (χ1n) is 4.47. The zero-order valence-electron chi connectivity index (χ0n) is 8.08. The number of ketones is 1. The summed E-state index contributed by atoms with van der Waals surface area (Å²) in [5.74, 6) is -0.512. The van der Waals surface area contributed by atoms with Crippen LogP contribution in [0.5, 0.6) is 0 Å². The van der Waals surface area contributed by atoms with Crippen LogP contribution in [0.1, 0.15) is 22.5 Å². The second-order valence-electron chi connectivity index (χ2n) is 3.53. The minimum absolute atomic E-state index is 0.106. The van der Waals surface area contributed by atoms with Gasteiger partial charge in [-0.15, -0.1) is 11.3 Å². The van der Waals surface area contributed by atoms with Gasteiger partial charge in [-0.2, -0.15) is 0 Å². The molecule has 1 saturated carbocycles. The highest BCUT2D eigenvalue weighted by molar-refractivity contribution is 9.10. The molecule has 5 heteroatoms.